The molecule has 0 aromatic carbocycles. The van der Waals surface area contributed by atoms with Gasteiger partial charge in [0.15, 0.2) is 0 Å². The first-order valence-electron chi connectivity index (χ1n) is 6.27. The predicted molar refractivity (Wildman–Crippen MR) is 60.5 cm³/mol. The quantitative estimate of drug-likeness (QED) is 0.697. The Morgan fingerprint density at radius 2 is 2.00 bits per heavy atom. The number of likely N-dealkylation sites (N-methyl/N-ethyl adjacent to an activating group) is 1. The summed E-state index contributed by atoms with van der Waals surface area (Å²) in [6.07, 6.45) is 5.67. The van der Waals surface area contributed by atoms with Crippen molar-refractivity contribution < 1.29 is 0 Å². The van der Waals surface area contributed by atoms with E-state index < -0.39 is 0 Å². The molecule has 0 aliphatic heterocycles. The minimum absolute atomic E-state index is 0.836. The Kier molecular flexibility index (Phi) is 3.45. The molecule has 0 heterocycles. The number of rotatable bonds is 6. The average Bonchev–Trinajstić information content (AvgIpc) is 2.92. The highest BCUT2D eigenvalue weighted by molar-refractivity contribution is 4.86. The van der Waals surface area contributed by atoms with Crippen molar-refractivity contribution in [3.63, 3.8) is 0 Å². The maximum absolute atomic E-state index is 3.66. The Morgan fingerprint density at radius 1 is 1.29 bits per heavy atom. The van der Waals surface area contributed by atoms with Crippen LogP contribution in [-0.2, 0) is 0 Å². The molecule has 2 nitrogen and oxygen atoms in total. The highest BCUT2D eigenvalue weighted by Gasteiger charge is 2.28. The lowest BCUT2D eigenvalue weighted by atomic mass is 9.82. The molecule has 2 rings (SSSR count). The van der Waals surface area contributed by atoms with Crippen molar-refractivity contribution in [1.82, 2.24) is 10.2 Å². The first-order valence-corrected chi connectivity index (χ1v) is 6.27. The molecule has 0 aromatic heterocycles. The van der Waals surface area contributed by atoms with E-state index in [1.54, 1.807) is 0 Å². The van der Waals surface area contributed by atoms with E-state index in [0.717, 1.165) is 18.0 Å². The third kappa shape index (κ3) is 2.71. The molecule has 0 atom stereocenters. The standard InChI is InChI=1S/C12H24N2/c1-3-14(12-4-5-12)7-6-13-11-8-10(2)9-11/h10-13H,3-9H2,1-2H3. The molecule has 0 amide bonds. The summed E-state index contributed by atoms with van der Waals surface area (Å²) in [6.45, 7) is 8.31. The van der Waals surface area contributed by atoms with Crippen LogP contribution in [0.5, 0.6) is 0 Å². The van der Waals surface area contributed by atoms with Gasteiger partial charge < -0.3 is 5.32 Å². The van der Waals surface area contributed by atoms with Gasteiger partial charge in [-0.1, -0.05) is 13.8 Å². The fourth-order valence-electron chi connectivity index (χ4n) is 2.52. The number of nitrogens with one attached hydrogen (secondary N) is 1. The fourth-order valence-corrected chi connectivity index (χ4v) is 2.52. The van der Waals surface area contributed by atoms with Crippen molar-refractivity contribution in [2.45, 2.75) is 51.6 Å². The van der Waals surface area contributed by atoms with Gasteiger partial charge in [0.05, 0.1) is 0 Å². The van der Waals surface area contributed by atoms with E-state index in [0.29, 0.717) is 0 Å². The van der Waals surface area contributed by atoms with Crippen molar-refractivity contribution in [3.05, 3.63) is 0 Å². The van der Waals surface area contributed by atoms with Crippen LogP contribution in [0.4, 0.5) is 0 Å². The second-order valence-electron chi connectivity index (χ2n) is 5.09. The van der Waals surface area contributed by atoms with Gasteiger partial charge in [0.2, 0.25) is 0 Å². The molecule has 14 heavy (non-hydrogen) atoms. The van der Waals surface area contributed by atoms with Crippen LogP contribution in [-0.4, -0.2) is 36.6 Å². The third-order valence-electron chi connectivity index (χ3n) is 3.68. The topological polar surface area (TPSA) is 15.3 Å². The van der Waals surface area contributed by atoms with Gasteiger partial charge in [-0.05, 0) is 38.1 Å². The number of nitrogens with zero attached hydrogens (tertiary/aromatic N) is 1. The molecule has 0 spiro atoms. The summed E-state index contributed by atoms with van der Waals surface area (Å²) in [4.78, 5) is 2.62. The van der Waals surface area contributed by atoms with Crippen molar-refractivity contribution in [2.75, 3.05) is 19.6 Å². The Labute approximate surface area is 88.1 Å². The van der Waals surface area contributed by atoms with Crippen LogP contribution < -0.4 is 5.32 Å². The van der Waals surface area contributed by atoms with Crippen molar-refractivity contribution >= 4 is 0 Å². The molecule has 2 aliphatic carbocycles. The van der Waals surface area contributed by atoms with Gasteiger partial charge in [-0.2, -0.15) is 0 Å². The first-order chi connectivity index (χ1) is 6.79. The molecular weight excluding hydrogens is 172 g/mol. The summed E-state index contributed by atoms with van der Waals surface area (Å²) in [5.41, 5.74) is 0. The molecular formula is C12H24N2. The lowest BCUT2D eigenvalue weighted by Crippen LogP contribution is -2.44. The summed E-state index contributed by atoms with van der Waals surface area (Å²) in [7, 11) is 0. The van der Waals surface area contributed by atoms with Gasteiger partial charge in [-0.3, -0.25) is 4.90 Å². The SMILES string of the molecule is CCN(CCNC1CC(C)C1)C1CC1. The highest BCUT2D eigenvalue weighted by atomic mass is 15.2. The van der Waals surface area contributed by atoms with Gasteiger partial charge in [0.25, 0.3) is 0 Å². The Morgan fingerprint density at radius 3 is 2.50 bits per heavy atom. The van der Waals surface area contributed by atoms with E-state index >= 15 is 0 Å². The zero-order valence-electron chi connectivity index (χ0n) is 9.63. The maximum Gasteiger partial charge on any atom is 0.0110 e. The number of hydrogen-bond acceptors (Lipinski definition) is 2. The van der Waals surface area contributed by atoms with Crippen LogP contribution in [0.1, 0.15) is 39.5 Å². The molecule has 1 N–H and O–H groups in total. The maximum atomic E-state index is 3.66. The van der Waals surface area contributed by atoms with Gasteiger partial charge in [-0.15, -0.1) is 0 Å². The molecule has 0 radical (unpaired) electrons. The van der Waals surface area contributed by atoms with E-state index in [-0.39, 0.29) is 0 Å². The predicted octanol–water partition coefficient (Wildman–Crippen LogP) is 1.86. The van der Waals surface area contributed by atoms with E-state index in [1.165, 1.54) is 45.3 Å². The van der Waals surface area contributed by atoms with Crippen LogP contribution in [0.3, 0.4) is 0 Å². The molecule has 0 bridgehead atoms. The molecule has 2 aliphatic rings. The van der Waals surface area contributed by atoms with Crippen molar-refractivity contribution in [1.29, 1.82) is 0 Å². The summed E-state index contributed by atoms with van der Waals surface area (Å²) < 4.78 is 0. The van der Waals surface area contributed by atoms with Crippen LogP contribution in [0, 0.1) is 5.92 Å². The van der Waals surface area contributed by atoms with Gasteiger partial charge in [-0.25, -0.2) is 0 Å². The zero-order valence-corrected chi connectivity index (χ0v) is 9.63. The summed E-state index contributed by atoms with van der Waals surface area (Å²) in [6, 6.07) is 1.77. The summed E-state index contributed by atoms with van der Waals surface area (Å²) >= 11 is 0. The summed E-state index contributed by atoms with van der Waals surface area (Å²) in [5.74, 6) is 0.971. The Bertz CT molecular complexity index is 171. The van der Waals surface area contributed by atoms with Gasteiger partial charge >= 0.3 is 0 Å². The second-order valence-corrected chi connectivity index (χ2v) is 5.09. The van der Waals surface area contributed by atoms with Crippen LogP contribution in [0.15, 0.2) is 0 Å². The lowest BCUT2D eigenvalue weighted by molar-refractivity contribution is 0.219. The van der Waals surface area contributed by atoms with E-state index in [1.807, 2.05) is 0 Å². The number of hydrogen-bond donors (Lipinski definition) is 1. The summed E-state index contributed by atoms with van der Waals surface area (Å²) in [5, 5.41) is 3.66. The first kappa shape index (κ1) is 10.4. The van der Waals surface area contributed by atoms with Gasteiger partial charge in [0, 0.05) is 25.2 Å². The molecule has 2 saturated carbocycles. The van der Waals surface area contributed by atoms with Crippen LogP contribution in [0.25, 0.3) is 0 Å². The van der Waals surface area contributed by atoms with Crippen molar-refractivity contribution in [2.24, 2.45) is 5.92 Å². The molecule has 0 saturated heterocycles. The van der Waals surface area contributed by atoms with E-state index in [9.17, 15) is 0 Å². The van der Waals surface area contributed by atoms with E-state index in [4.69, 9.17) is 0 Å². The fraction of sp³-hybridized carbons (Fsp3) is 1.00. The van der Waals surface area contributed by atoms with Crippen LogP contribution in [0.2, 0.25) is 0 Å². The molecule has 0 aromatic rings. The smallest absolute Gasteiger partial charge is 0.0110 e. The third-order valence-corrected chi connectivity index (χ3v) is 3.68. The second kappa shape index (κ2) is 4.63. The minimum Gasteiger partial charge on any atom is -0.313 e. The normalized spacial score (nSPS) is 31.9. The largest absolute Gasteiger partial charge is 0.313 e. The Hall–Kier alpha value is -0.0800. The average molecular weight is 196 g/mol. The Balaban J connectivity index is 1.53. The molecule has 0 unspecified atom stereocenters. The highest BCUT2D eigenvalue weighted by Crippen LogP contribution is 2.27. The lowest BCUT2D eigenvalue weighted by Gasteiger charge is -2.34. The zero-order chi connectivity index (χ0) is 9.97. The molecule has 2 heteroatoms. The molecule has 2 fully saturated rings. The minimum atomic E-state index is 0.836. The molecule has 82 valence electrons. The van der Waals surface area contributed by atoms with Crippen LogP contribution >= 0.6 is 0 Å². The monoisotopic (exact) mass is 196 g/mol. The van der Waals surface area contributed by atoms with E-state index in [2.05, 4.69) is 24.1 Å². The van der Waals surface area contributed by atoms with Gasteiger partial charge in [0.1, 0.15) is 0 Å². The van der Waals surface area contributed by atoms with Crippen molar-refractivity contribution in [3.8, 4) is 0 Å².